The van der Waals surface area contributed by atoms with Crippen LogP contribution in [0.2, 0.25) is 0 Å². The fourth-order valence-electron chi connectivity index (χ4n) is 6.29. The Bertz CT molecular complexity index is 1450. The first-order valence-electron chi connectivity index (χ1n) is 20.8. The van der Waals surface area contributed by atoms with E-state index in [2.05, 4.69) is 33.2 Å². The average molecular weight is 792 g/mol. The molecule has 0 radical (unpaired) electrons. The van der Waals surface area contributed by atoms with Gasteiger partial charge in [0.15, 0.2) is 0 Å². The number of hydrogen-bond acceptors (Lipinski definition) is 7. The summed E-state index contributed by atoms with van der Waals surface area (Å²) < 4.78 is 22.9. The average Bonchev–Trinajstić information content (AvgIpc) is 3.57. The van der Waals surface area contributed by atoms with Crippen molar-refractivity contribution in [2.45, 2.75) is 155 Å². The van der Waals surface area contributed by atoms with Crippen molar-refractivity contribution in [3.05, 3.63) is 36.0 Å². The van der Waals surface area contributed by atoms with Gasteiger partial charge in [0.2, 0.25) is 23.6 Å². The molecule has 4 atom stereocenters. The highest BCUT2D eigenvalue weighted by Crippen LogP contribution is 2.43. The molecule has 1 aromatic heterocycles. The normalized spacial score (nSPS) is 14.1. The third kappa shape index (κ3) is 20.5. The smallest absolute Gasteiger partial charge is 0.361 e. The Hall–Kier alpha value is -3.25. The number of phosphoric acid groups is 1. The van der Waals surface area contributed by atoms with Gasteiger partial charge >= 0.3 is 7.82 Å². The fraction of sp³-hybridized carbons (Fsp3) is 0.707. The third-order valence-electron chi connectivity index (χ3n) is 9.89. The number of fused-ring (bicyclic) bond motifs is 1. The number of amides is 4. The monoisotopic (exact) mass is 791 g/mol. The Kier molecular flexibility index (Phi) is 24.6. The van der Waals surface area contributed by atoms with Gasteiger partial charge in [-0.25, -0.2) is 4.57 Å². The van der Waals surface area contributed by atoms with E-state index in [4.69, 9.17) is 9.05 Å². The van der Waals surface area contributed by atoms with E-state index in [-0.39, 0.29) is 43.7 Å². The second-order valence-corrected chi connectivity index (χ2v) is 16.1. The van der Waals surface area contributed by atoms with E-state index in [0.29, 0.717) is 19.4 Å². The SMILES string of the molecule is CCCCCCCCCCCCCCCC(=O)N[C@@H](COP(=O)(O)OCCNC(=O)[C@@H](NC(=O)Cc1c[nH]c2ccccc12)[C@@H](C)CC)C(=O)NCCCC. The molecule has 1 unspecified atom stereocenters. The number of nitrogens with one attached hydrogen (secondary N) is 5. The maximum Gasteiger partial charge on any atom is 0.472 e. The molecule has 13 nitrogen and oxygen atoms in total. The Morgan fingerprint density at radius 3 is 1.98 bits per heavy atom. The van der Waals surface area contributed by atoms with Gasteiger partial charge in [-0.3, -0.25) is 28.2 Å². The van der Waals surface area contributed by atoms with E-state index in [1.807, 2.05) is 45.0 Å². The standard InChI is InChI=1S/C41H70N5O8P/c1-5-8-10-11-12-13-14-15-16-17-18-19-20-25-37(47)45-36(40(49)42-26-9-6-2)31-54-55(51,52)53-28-27-43-41(50)39(32(4)7-3)46-38(48)29-33-30-44-35-24-22-21-23-34(33)35/h21-24,30,32,36,39,44H,5-20,25-29,31H2,1-4H3,(H,42,49)(H,43,50)(H,45,47)(H,46,48)(H,51,52)/t32-,36-,39-/m0/s1. The number of carbonyl (C=O) groups excluding carboxylic acids is 4. The minimum Gasteiger partial charge on any atom is -0.361 e. The molecule has 1 heterocycles. The van der Waals surface area contributed by atoms with Crippen LogP contribution in [0.1, 0.15) is 142 Å². The zero-order valence-corrected chi connectivity index (χ0v) is 34.8. The summed E-state index contributed by atoms with van der Waals surface area (Å²) in [6.07, 6.45) is 19.8. The van der Waals surface area contributed by atoms with Gasteiger partial charge in [-0.05, 0) is 30.4 Å². The van der Waals surface area contributed by atoms with Crippen LogP contribution in [-0.2, 0) is 39.2 Å². The van der Waals surface area contributed by atoms with Crippen molar-refractivity contribution in [3.63, 3.8) is 0 Å². The number of rotatable bonds is 32. The largest absolute Gasteiger partial charge is 0.472 e. The number of para-hydroxylation sites is 1. The summed E-state index contributed by atoms with van der Waals surface area (Å²) in [5, 5.41) is 11.8. The van der Waals surface area contributed by atoms with E-state index in [9.17, 15) is 28.6 Å². The Morgan fingerprint density at radius 1 is 0.745 bits per heavy atom. The molecule has 6 N–H and O–H groups in total. The highest BCUT2D eigenvalue weighted by Gasteiger charge is 2.29. The van der Waals surface area contributed by atoms with Crippen molar-refractivity contribution in [1.29, 1.82) is 0 Å². The van der Waals surface area contributed by atoms with Gasteiger partial charge < -0.3 is 31.1 Å². The summed E-state index contributed by atoms with van der Waals surface area (Å²) in [6, 6.07) is 5.65. The number of aromatic nitrogens is 1. The highest BCUT2D eigenvalue weighted by molar-refractivity contribution is 7.47. The predicted octanol–water partition coefficient (Wildman–Crippen LogP) is 7.37. The summed E-state index contributed by atoms with van der Waals surface area (Å²) >= 11 is 0. The number of H-pyrrole nitrogens is 1. The molecule has 0 aliphatic heterocycles. The van der Waals surface area contributed by atoms with Crippen LogP contribution in [0, 0.1) is 5.92 Å². The molecule has 2 aromatic rings. The molecule has 312 valence electrons. The second kappa shape index (κ2) is 28.2. The van der Waals surface area contributed by atoms with Crippen LogP contribution in [0.4, 0.5) is 0 Å². The molecule has 0 spiro atoms. The molecule has 0 fully saturated rings. The first-order chi connectivity index (χ1) is 26.5. The number of carbonyl (C=O) groups is 4. The molecule has 2 rings (SSSR count). The molecular weight excluding hydrogens is 721 g/mol. The van der Waals surface area contributed by atoms with Gasteiger partial charge in [-0.15, -0.1) is 0 Å². The lowest BCUT2D eigenvalue weighted by molar-refractivity contribution is -0.130. The lowest BCUT2D eigenvalue weighted by Crippen LogP contribution is -2.51. The van der Waals surface area contributed by atoms with Crippen LogP contribution in [-0.4, -0.2) is 71.9 Å². The van der Waals surface area contributed by atoms with E-state index < -0.39 is 38.3 Å². The highest BCUT2D eigenvalue weighted by atomic mass is 31.2. The van der Waals surface area contributed by atoms with Gasteiger partial charge in [0.05, 0.1) is 19.6 Å². The van der Waals surface area contributed by atoms with Crippen LogP contribution in [0.3, 0.4) is 0 Å². The van der Waals surface area contributed by atoms with Crippen LogP contribution in [0.5, 0.6) is 0 Å². The summed E-state index contributed by atoms with van der Waals surface area (Å²) in [5.41, 5.74) is 1.74. The summed E-state index contributed by atoms with van der Waals surface area (Å²) in [4.78, 5) is 65.1. The van der Waals surface area contributed by atoms with E-state index in [1.165, 1.54) is 57.8 Å². The molecule has 55 heavy (non-hydrogen) atoms. The van der Waals surface area contributed by atoms with E-state index >= 15 is 0 Å². The first kappa shape index (κ1) is 47.9. The number of benzene rings is 1. The molecule has 14 heteroatoms. The number of hydrogen-bond donors (Lipinski definition) is 6. The van der Waals surface area contributed by atoms with Crippen LogP contribution in [0.25, 0.3) is 10.9 Å². The van der Waals surface area contributed by atoms with Crippen LogP contribution >= 0.6 is 7.82 Å². The van der Waals surface area contributed by atoms with Gasteiger partial charge in [-0.1, -0.05) is 136 Å². The molecule has 1 aromatic carbocycles. The zero-order valence-electron chi connectivity index (χ0n) is 33.9. The predicted molar refractivity (Wildman–Crippen MR) is 218 cm³/mol. The van der Waals surface area contributed by atoms with Gasteiger partial charge in [0.25, 0.3) is 0 Å². The third-order valence-corrected chi connectivity index (χ3v) is 10.9. The van der Waals surface area contributed by atoms with Gasteiger partial charge in [0, 0.05) is 36.6 Å². The van der Waals surface area contributed by atoms with Crippen molar-refractivity contribution in [1.82, 2.24) is 26.3 Å². The van der Waals surface area contributed by atoms with Gasteiger partial charge in [-0.2, -0.15) is 0 Å². The summed E-state index contributed by atoms with van der Waals surface area (Å²) in [5.74, 6) is -1.78. The quantitative estimate of drug-likeness (QED) is 0.0327. The van der Waals surface area contributed by atoms with Crippen molar-refractivity contribution < 1.29 is 37.7 Å². The maximum absolute atomic E-state index is 13.1. The Labute approximate surface area is 329 Å². The lowest BCUT2D eigenvalue weighted by Gasteiger charge is -2.24. The van der Waals surface area contributed by atoms with Crippen molar-refractivity contribution >= 4 is 42.4 Å². The minimum absolute atomic E-state index is 0.0931. The number of unbranched alkanes of at least 4 members (excludes halogenated alkanes) is 13. The maximum atomic E-state index is 13.1. The molecule has 0 bridgehead atoms. The number of aromatic amines is 1. The summed E-state index contributed by atoms with van der Waals surface area (Å²) in [7, 11) is -4.65. The van der Waals surface area contributed by atoms with Crippen molar-refractivity contribution in [2.75, 3.05) is 26.3 Å². The Morgan fingerprint density at radius 2 is 1.35 bits per heavy atom. The van der Waals surface area contributed by atoms with Crippen LogP contribution in [0.15, 0.2) is 30.5 Å². The molecule has 0 saturated carbocycles. The molecule has 0 aliphatic carbocycles. The van der Waals surface area contributed by atoms with E-state index in [1.54, 1.807) is 6.20 Å². The molecule has 4 amide bonds. The lowest BCUT2D eigenvalue weighted by atomic mass is 9.98. The van der Waals surface area contributed by atoms with E-state index in [0.717, 1.165) is 48.6 Å². The second-order valence-electron chi connectivity index (χ2n) is 14.6. The molecular formula is C41H70N5O8P. The zero-order chi connectivity index (χ0) is 40.3. The molecule has 0 aliphatic rings. The minimum atomic E-state index is -4.65. The summed E-state index contributed by atoms with van der Waals surface area (Å²) in [6.45, 7) is 7.33. The van der Waals surface area contributed by atoms with Crippen molar-refractivity contribution in [3.8, 4) is 0 Å². The van der Waals surface area contributed by atoms with Crippen molar-refractivity contribution in [2.24, 2.45) is 5.92 Å². The fourth-order valence-corrected chi connectivity index (χ4v) is 7.03. The van der Waals surface area contributed by atoms with Gasteiger partial charge in [0.1, 0.15) is 12.1 Å². The topological polar surface area (TPSA) is 188 Å². The first-order valence-corrected chi connectivity index (χ1v) is 22.3. The Balaban J connectivity index is 1.75. The van der Waals surface area contributed by atoms with Crippen LogP contribution < -0.4 is 21.3 Å². The number of phosphoric ester groups is 1. The molecule has 0 saturated heterocycles.